The molecule has 0 unspecified atom stereocenters. The zero-order valence-corrected chi connectivity index (χ0v) is 15.2. The fraction of sp³-hybridized carbons (Fsp3) is 0.0909. The van der Waals surface area contributed by atoms with Gasteiger partial charge in [-0.1, -0.05) is 54.1 Å². The van der Waals surface area contributed by atoms with E-state index in [0.29, 0.717) is 28.5 Å². The fourth-order valence-corrected chi connectivity index (χ4v) is 2.65. The molecule has 4 nitrogen and oxygen atoms in total. The maximum absolute atomic E-state index is 12.1. The molecule has 3 aromatic rings. The number of halogens is 1. The van der Waals surface area contributed by atoms with Crippen LogP contribution in [0.4, 0.5) is 0 Å². The molecule has 0 saturated heterocycles. The van der Waals surface area contributed by atoms with Crippen molar-refractivity contribution in [2.24, 2.45) is 0 Å². The smallest absolute Gasteiger partial charge is 0.338 e. The second kappa shape index (κ2) is 9.01. The van der Waals surface area contributed by atoms with E-state index >= 15 is 0 Å². The maximum Gasteiger partial charge on any atom is 0.338 e. The molecule has 0 fully saturated rings. The fourth-order valence-electron chi connectivity index (χ4n) is 2.41. The quantitative estimate of drug-likeness (QED) is 0.429. The van der Waals surface area contributed by atoms with Gasteiger partial charge in [0.1, 0.15) is 12.4 Å². The van der Waals surface area contributed by atoms with Gasteiger partial charge in [-0.25, -0.2) is 4.79 Å². The normalized spacial score (nSPS) is 10.3. The van der Waals surface area contributed by atoms with Crippen LogP contribution in [-0.4, -0.2) is 18.4 Å². The van der Waals surface area contributed by atoms with Crippen LogP contribution in [0, 0.1) is 0 Å². The predicted octanol–water partition coefficient (Wildman–Crippen LogP) is 4.96. The van der Waals surface area contributed by atoms with Gasteiger partial charge in [0.05, 0.1) is 10.6 Å². The third kappa shape index (κ3) is 5.19. The van der Waals surface area contributed by atoms with Crippen LogP contribution in [0.1, 0.15) is 26.3 Å². The Morgan fingerprint density at radius 3 is 2.19 bits per heavy atom. The highest BCUT2D eigenvalue weighted by Gasteiger charge is 2.14. The first-order valence-corrected chi connectivity index (χ1v) is 8.73. The zero-order valence-electron chi connectivity index (χ0n) is 14.4. The van der Waals surface area contributed by atoms with Gasteiger partial charge >= 0.3 is 5.97 Å². The molecule has 0 aliphatic heterocycles. The molecular formula is C22H17ClO4. The summed E-state index contributed by atoms with van der Waals surface area (Å²) in [5.41, 5.74) is 1.73. The van der Waals surface area contributed by atoms with E-state index in [2.05, 4.69) is 0 Å². The zero-order chi connectivity index (χ0) is 19.1. The molecule has 27 heavy (non-hydrogen) atoms. The number of esters is 1. The number of ether oxygens (including phenoxy) is 2. The minimum atomic E-state index is -0.579. The van der Waals surface area contributed by atoms with Crippen LogP contribution >= 0.6 is 11.6 Å². The summed E-state index contributed by atoms with van der Waals surface area (Å²) >= 11 is 5.97. The molecule has 0 spiro atoms. The molecule has 0 amide bonds. The van der Waals surface area contributed by atoms with Crippen molar-refractivity contribution in [2.45, 2.75) is 6.61 Å². The molecule has 0 aromatic heterocycles. The Hall–Kier alpha value is -3.11. The van der Waals surface area contributed by atoms with Crippen LogP contribution in [0.25, 0.3) is 0 Å². The SMILES string of the molecule is O=C(OCC(=O)c1ccccc1Cl)c1ccc(OCc2ccccc2)cc1. The van der Waals surface area contributed by atoms with Crippen molar-refractivity contribution in [2.75, 3.05) is 6.61 Å². The number of carbonyl (C=O) groups is 2. The summed E-state index contributed by atoms with van der Waals surface area (Å²) in [6.07, 6.45) is 0. The molecule has 0 heterocycles. The summed E-state index contributed by atoms with van der Waals surface area (Å²) in [6, 6.07) is 23.0. The van der Waals surface area contributed by atoms with Gasteiger partial charge in [0.2, 0.25) is 5.78 Å². The molecule has 0 atom stereocenters. The average molecular weight is 381 g/mol. The lowest BCUT2D eigenvalue weighted by molar-refractivity contribution is 0.0474. The first-order valence-electron chi connectivity index (χ1n) is 8.35. The van der Waals surface area contributed by atoms with Gasteiger partial charge < -0.3 is 9.47 Å². The van der Waals surface area contributed by atoms with Crippen molar-refractivity contribution in [1.82, 2.24) is 0 Å². The van der Waals surface area contributed by atoms with Crippen LogP contribution in [-0.2, 0) is 11.3 Å². The third-order valence-corrected chi connectivity index (χ3v) is 4.18. The molecule has 3 aromatic carbocycles. The standard InChI is InChI=1S/C22H17ClO4/c23-20-9-5-4-8-19(20)21(24)15-27-22(25)17-10-12-18(13-11-17)26-14-16-6-2-1-3-7-16/h1-13H,14-15H2. The molecule has 0 saturated carbocycles. The van der Waals surface area contributed by atoms with E-state index in [-0.39, 0.29) is 12.4 Å². The van der Waals surface area contributed by atoms with Gasteiger partial charge in [-0.2, -0.15) is 0 Å². The number of carbonyl (C=O) groups excluding carboxylic acids is 2. The molecule has 136 valence electrons. The lowest BCUT2D eigenvalue weighted by Gasteiger charge is -2.08. The molecular weight excluding hydrogens is 364 g/mol. The van der Waals surface area contributed by atoms with Crippen molar-refractivity contribution in [3.05, 3.63) is 101 Å². The maximum atomic E-state index is 12.1. The summed E-state index contributed by atoms with van der Waals surface area (Å²) in [6.45, 7) is 0.0752. The van der Waals surface area contributed by atoms with E-state index in [9.17, 15) is 9.59 Å². The molecule has 0 N–H and O–H groups in total. The third-order valence-electron chi connectivity index (χ3n) is 3.85. The second-order valence-electron chi connectivity index (χ2n) is 5.78. The summed E-state index contributed by atoms with van der Waals surface area (Å²) in [5.74, 6) is -0.288. The molecule has 0 radical (unpaired) electrons. The highest BCUT2D eigenvalue weighted by Crippen LogP contribution is 2.17. The van der Waals surface area contributed by atoms with Crippen molar-refractivity contribution >= 4 is 23.4 Å². The summed E-state index contributed by atoms with van der Waals surface area (Å²) in [5, 5.41) is 0.332. The van der Waals surface area contributed by atoms with E-state index in [1.54, 1.807) is 48.5 Å². The van der Waals surface area contributed by atoms with Crippen LogP contribution in [0.15, 0.2) is 78.9 Å². The minimum Gasteiger partial charge on any atom is -0.489 e. The van der Waals surface area contributed by atoms with Gasteiger partial charge in [-0.15, -0.1) is 0 Å². The van der Waals surface area contributed by atoms with Crippen molar-refractivity contribution < 1.29 is 19.1 Å². The van der Waals surface area contributed by atoms with Crippen LogP contribution in [0.5, 0.6) is 5.75 Å². The average Bonchev–Trinajstić information content (AvgIpc) is 2.72. The Kier molecular flexibility index (Phi) is 6.23. The Balaban J connectivity index is 1.53. The number of ketones is 1. The van der Waals surface area contributed by atoms with E-state index in [1.807, 2.05) is 30.3 Å². The van der Waals surface area contributed by atoms with Gasteiger partial charge in [-0.3, -0.25) is 4.79 Å². The first kappa shape index (κ1) is 18.7. The Morgan fingerprint density at radius 1 is 0.815 bits per heavy atom. The van der Waals surface area contributed by atoms with Crippen LogP contribution < -0.4 is 4.74 Å². The molecule has 5 heteroatoms. The highest BCUT2D eigenvalue weighted by atomic mass is 35.5. The van der Waals surface area contributed by atoms with E-state index in [0.717, 1.165) is 5.56 Å². The second-order valence-corrected chi connectivity index (χ2v) is 6.19. The van der Waals surface area contributed by atoms with Crippen molar-refractivity contribution in [3.63, 3.8) is 0 Å². The van der Waals surface area contributed by atoms with E-state index < -0.39 is 5.97 Å². The van der Waals surface area contributed by atoms with Gasteiger partial charge in [-0.05, 0) is 42.0 Å². The summed E-state index contributed by atoms with van der Waals surface area (Å²) in [7, 11) is 0. The molecule has 0 bridgehead atoms. The Morgan fingerprint density at radius 2 is 1.48 bits per heavy atom. The van der Waals surface area contributed by atoms with Gasteiger partial charge in [0.15, 0.2) is 6.61 Å². The Labute approximate surface area is 162 Å². The molecule has 0 aliphatic rings. The first-order chi connectivity index (χ1) is 13.1. The minimum absolute atomic E-state index is 0.330. The van der Waals surface area contributed by atoms with Crippen molar-refractivity contribution in [1.29, 1.82) is 0 Å². The lowest BCUT2D eigenvalue weighted by Crippen LogP contribution is -2.14. The van der Waals surface area contributed by atoms with Crippen molar-refractivity contribution in [3.8, 4) is 5.75 Å². The summed E-state index contributed by atoms with van der Waals surface area (Å²) < 4.78 is 10.8. The lowest BCUT2D eigenvalue weighted by atomic mass is 10.1. The number of hydrogen-bond donors (Lipinski definition) is 0. The monoisotopic (exact) mass is 380 g/mol. The molecule has 3 rings (SSSR count). The number of rotatable bonds is 7. The number of Topliss-reactive ketones (excluding diaryl/α,β-unsaturated/α-hetero) is 1. The van der Waals surface area contributed by atoms with Crippen LogP contribution in [0.3, 0.4) is 0 Å². The number of benzene rings is 3. The van der Waals surface area contributed by atoms with Crippen LogP contribution in [0.2, 0.25) is 5.02 Å². The Bertz CT molecular complexity index is 921. The highest BCUT2D eigenvalue weighted by molar-refractivity contribution is 6.34. The van der Waals surface area contributed by atoms with E-state index in [4.69, 9.17) is 21.1 Å². The molecule has 0 aliphatic carbocycles. The van der Waals surface area contributed by atoms with E-state index in [1.165, 1.54) is 0 Å². The largest absolute Gasteiger partial charge is 0.489 e. The predicted molar refractivity (Wildman–Crippen MR) is 103 cm³/mol. The van der Waals surface area contributed by atoms with Gasteiger partial charge in [0.25, 0.3) is 0 Å². The number of hydrogen-bond acceptors (Lipinski definition) is 4. The van der Waals surface area contributed by atoms with Gasteiger partial charge in [0, 0.05) is 5.56 Å². The topological polar surface area (TPSA) is 52.6 Å². The summed E-state index contributed by atoms with van der Waals surface area (Å²) in [4.78, 5) is 24.2.